The molecule has 0 N–H and O–H groups in total. The van der Waals surface area contributed by atoms with Crippen LogP contribution >= 0.6 is 0 Å². The second-order valence-electron chi connectivity index (χ2n) is 11.4. The average Bonchev–Trinajstić information content (AvgIpc) is 3.48. The fourth-order valence-corrected chi connectivity index (χ4v) is 7.58. The van der Waals surface area contributed by atoms with E-state index in [1.165, 1.54) is 68.9 Å². The predicted molar refractivity (Wildman–Crippen MR) is 147 cm³/mol. The Balaban J connectivity index is 1.27. The lowest BCUT2D eigenvalue weighted by Gasteiger charge is -2.23. The number of ether oxygens (including phenoxy) is 1. The molecule has 1 aromatic carbocycles. The van der Waals surface area contributed by atoms with Crippen molar-refractivity contribution in [2.45, 2.75) is 117 Å². The molecule has 2 nitrogen and oxygen atoms in total. The number of fused-ring (bicyclic) bond motifs is 1. The van der Waals surface area contributed by atoms with E-state index in [0.717, 1.165) is 43.8 Å². The summed E-state index contributed by atoms with van der Waals surface area (Å²) in [6.07, 6.45) is 18.6. The van der Waals surface area contributed by atoms with E-state index in [4.69, 9.17) is 4.74 Å². The summed E-state index contributed by atoms with van der Waals surface area (Å²) in [6.45, 7) is 6.96. The van der Waals surface area contributed by atoms with E-state index in [9.17, 15) is 4.79 Å². The van der Waals surface area contributed by atoms with Gasteiger partial charge in [-0.1, -0.05) is 44.1 Å². The molecule has 3 unspecified atom stereocenters. The van der Waals surface area contributed by atoms with Gasteiger partial charge in [-0.3, -0.25) is 4.79 Å². The fraction of sp³-hybridized carbons (Fsp3) is 0.667. The number of benzene rings is 1. The van der Waals surface area contributed by atoms with Gasteiger partial charge in [0.05, 0.1) is 7.11 Å². The minimum atomic E-state index is 0.488. The van der Waals surface area contributed by atoms with Crippen molar-refractivity contribution in [3.8, 4) is 5.75 Å². The lowest BCUT2D eigenvalue weighted by atomic mass is 9.82. The molecule has 35 heavy (non-hydrogen) atoms. The summed E-state index contributed by atoms with van der Waals surface area (Å²) in [5, 5.41) is 0. The van der Waals surface area contributed by atoms with Crippen molar-refractivity contribution in [3.63, 3.8) is 0 Å². The van der Waals surface area contributed by atoms with Crippen LogP contribution in [0.15, 0.2) is 41.0 Å². The van der Waals surface area contributed by atoms with Crippen LogP contribution in [0.2, 0.25) is 0 Å². The molecule has 3 aliphatic carbocycles. The van der Waals surface area contributed by atoms with Gasteiger partial charge >= 0.3 is 0 Å². The van der Waals surface area contributed by atoms with Crippen molar-refractivity contribution < 1.29 is 9.53 Å². The Morgan fingerprint density at radius 3 is 2.66 bits per heavy atom. The third kappa shape index (κ3) is 5.95. The molecule has 0 saturated heterocycles. The summed E-state index contributed by atoms with van der Waals surface area (Å²) in [7, 11) is 1.78. The molecular weight excluding hydrogens is 428 g/mol. The maximum atomic E-state index is 12.9. The number of carbonyl (C=O) groups excluding carboxylic acids is 1. The van der Waals surface area contributed by atoms with Gasteiger partial charge in [-0.05, 0) is 130 Å². The molecule has 0 aromatic heterocycles. The van der Waals surface area contributed by atoms with E-state index >= 15 is 0 Å². The van der Waals surface area contributed by atoms with E-state index in [0.29, 0.717) is 23.5 Å². The van der Waals surface area contributed by atoms with Crippen molar-refractivity contribution in [2.24, 2.45) is 17.8 Å². The third-order valence-electron chi connectivity index (χ3n) is 9.60. The van der Waals surface area contributed by atoms with E-state index in [1.54, 1.807) is 23.8 Å². The van der Waals surface area contributed by atoms with Crippen LogP contribution in [0.5, 0.6) is 5.75 Å². The van der Waals surface area contributed by atoms with Gasteiger partial charge in [-0.15, -0.1) is 0 Å². The summed E-state index contributed by atoms with van der Waals surface area (Å²) in [5.41, 5.74) is 7.86. The predicted octanol–water partition coefficient (Wildman–Crippen LogP) is 9.13. The molecule has 1 aromatic rings. The number of allylic oxidation sites excluding steroid dienone is 4. The summed E-state index contributed by atoms with van der Waals surface area (Å²) >= 11 is 0. The van der Waals surface area contributed by atoms with Crippen LogP contribution in [0.4, 0.5) is 0 Å². The van der Waals surface area contributed by atoms with Crippen LogP contribution < -0.4 is 4.74 Å². The van der Waals surface area contributed by atoms with Gasteiger partial charge in [0.15, 0.2) is 0 Å². The Bertz CT molecular complexity index is 936. The maximum absolute atomic E-state index is 12.9. The standard InChI is InChI=1S/C33H48O2/c1-5-24-20-22-29-23(3)25(12-8-15-30(24)29)11-7-14-27(34)21-19-26-13-9-16-31(26)32-17-10-18-33(35-4)28(32)6-2/h10,15,17-18,24-26,31H,5-9,11-14,16,19-22H2,1-4H3/t24?,25?,26?,31-/m1/s1. The maximum Gasteiger partial charge on any atom is 0.132 e. The van der Waals surface area contributed by atoms with Crippen LogP contribution in [-0.2, 0) is 11.2 Å². The molecule has 4 atom stereocenters. The molecule has 2 saturated carbocycles. The van der Waals surface area contributed by atoms with Gasteiger partial charge in [-0.25, -0.2) is 0 Å². The van der Waals surface area contributed by atoms with Crippen LogP contribution in [-0.4, -0.2) is 12.9 Å². The van der Waals surface area contributed by atoms with Crippen LogP contribution in [0.25, 0.3) is 0 Å². The first kappa shape index (κ1) is 26.2. The number of carbonyl (C=O) groups is 1. The highest BCUT2D eigenvalue weighted by atomic mass is 16.5. The van der Waals surface area contributed by atoms with Gasteiger partial charge < -0.3 is 4.74 Å². The second-order valence-corrected chi connectivity index (χ2v) is 11.4. The zero-order chi connectivity index (χ0) is 24.8. The zero-order valence-corrected chi connectivity index (χ0v) is 22.8. The highest BCUT2D eigenvalue weighted by Crippen LogP contribution is 2.46. The van der Waals surface area contributed by atoms with Crippen molar-refractivity contribution in [1.29, 1.82) is 0 Å². The smallest absolute Gasteiger partial charge is 0.132 e. The highest BCUT2D eigenvalue weighted by Gasteiger charge is 2.31. The van der Waals surface area contributed by atoms with Gasteiger partial charge in [0.1, 0.15) is 11.5 Å². The molecule has 2 fully saturated rings. The molecule has 2 heteroatoms. The molecular formula is C33H48O2. The van der Waals surface area contributed by atoms with E-state index < -0.39 is 0 Å². The van der Waals surface area contributed by atoms with Crippen LogP contribution in [0, 0.1) is 17.8 Å². The first-order chi connectivity index (χ1) is 17.1. The number of methoxy groups -OCH3 is 1. The minimum absolute atomic E-state index is 0.488. The Morgan fingerprint density at radius 2 is 1.89 bits per heavy atom. The number of ketones is 1. The largest absolute Gasteiger partial charge is 0.496 e. The van der Waals surface area contributed by atoms with Crippen molar-refractivity contribution >= 4 is 5.78 Å². The Morgan fingerprint density at radius 1 is 1.03 bits per heavy atom. The molecule has 0 radical (unpaired) electrons. The molecule has 192 valence electrons. The molecule has 0 bridgehead atoms. The first-order valence-electron chi connectivity index (χ1n) is 14.6. The average molecular weight is 477 g/mol. The molecule has 0 aliphatic heterocycles. The molecule has 4 rings (SSSR count). The normalized spacial score (nSPS) is 26.5. The lowest BCUT2D eigenvalue weighted by Crippen LogP contribution is -2.12. The van der Waals surface area contributed by atoms with E-state index in [2.05, 4.69) is 45.0 Å². The molecule has 0 spiro atoms. The highest BCUT2D eigenvalue weighted by molar-refractivity contribution is 5.78. The van der Waals surface area contributed by atoms with Gasteiger partial charge in [0, 0.05) is 12.8 Å². The van der Waals surface area contributed by atoms with Crippen LogP contribution in [0.1, 0.15) is 121 Å². The lowest BCUT2D eigenvalue weighted by molar-refractivity contribution is -0.119. The van der Waals surface area contributed by atoms with Crippen molar-refractivity contribution in [1.82, 2.24) is 0 Å². The molecule has 0 heterocycles. The Kier molecular flexibility index (Phi) is 9.31. The number of hydrogen-bond acceptors (Lipinski definition) is 2. The topological polar surface area (TPSA) is 26.3 Å². The SMILES string of the molecule is CCc1c(OC)cccc1[C@@H]1CCCC1CCC(=O)CCCC1CCC=C2C(=C1C)CCC2CC. The summed E-state index contributed by atoms with van der Waals surface area (Å²) < 4.78 is 5.65. The Labute approximate surface area is 214 Å². The summed E-state index contributed by atoms with van der Waals surface area (Å²) in [6, 6.07) is 6.54. The van der Waals surface area contributed by atoms with Gasteiger partial charge in [-0.2, -0.15) is 0 Å². The van der Waals surface area contributed by atoms with Crippen molar-refractivity contribution in [3.05, 3.63) is 52.1 Å². The second kappa shape index (κ2) is 12.4. The molecule has 3 aliphatic rings. The van der Waals surface area contributed by atoms with Crippen molar-refractivity contribution in [2.75, 3.05) is 7.11 Å². The van der Waals surface area contributed by atoms with E-state index in [-0.39, 0.29) is 0 Å². The third-order valence-corrected chi connectivity index (χ3v) is 9.60. The number of rotatable bonds is 11. The fourth-order valence-electron chi connectivity index (χ4n) is 7.58. The number of Topliss-reactive ketones (excluding diaryl/α,β-unsaturated/α-hetero) is 1. The zero-order valence-electron chi connectivity index (χ0n) is 22.8. The Hall–Kier alpha value is -1.83. The number of hydrogen-bond donors (Lipinski definition) is 0. The summed E-state index contributed by atoms with van der Waals surface area (Å²) in [5.74, 6) is 4.23. The first-order valence-corrected chi connectivity index (χ1v) is 14.6. The van der Waals surface area contributed by atoms with E-state index in [1.807, 2.05) is 0 Å². The monoisotopic (exact) mass is 476 g/mol. The summed E-state index contributed by atoms with van der Waals surface area (Å²) in [4.78, 5) is 12.9. The van der Waals surface area contributed by atoms with Gasteiger partial charge in [0.25, 0.3) is 0 Å². The molecule has 0 amide bonds. The van der Waals surface area contributed by atoms with Crippen LogP contribution in [0.3, 0.4) is 0 Å². The quantitative estimate of drug-likeness (QED) is 0.318. The van der Waals surface area contributed by atoms with Gasteiger partial charge in [0.2, 0.25) is 0 Å². The minimum Gasteiger partial charge on any atom is -0.496 e.